The lowest BCUT2D eigenvalue weighted by molar-refractivity contribution is -0.138. The van der Waals surface area contributed by atoms with Crippen LogP contribution in [0.25, 0.3) is 0 Å². The molecular weight excluding hydrogens is 268 g/mol. The van der Waals surface area contributed by atoms with Crippen molar-refractivity contribution in [2.24, 2.45) is 0 Å². The lowest BCUT2D eigenvalue weighted by Crippen LogP contribution is -2.57. The Bertz CT molecular complexity index is 631. The summed E-state index contributed by atoms with van der Waals surface area (Å²) in [7, 11) is 0. The highest BCUT2D eigenvalue weighted by Gasteiger charge is 2.40. The molecule has 1 saturated heterocycles. The molecular formula is C16H16N2O3. The predicted octanol–water partition coefficient (Wildman–Crippen LogP) is 1.57. The van der Waals surface area contributed by atoms with Gasteiger partial charge in [0, 0.05) is 13.0 Å². The first kappa shape index (κ1) is 14.8. The average Bonchev–Trinajstić information content (AvgIpc) is 2.42. The number of rotatable bonds is 4. The van der Waals surface area contributed by atoms with E-state index in [4.69, 9.17) is 6.42 Å². The summed E-state index contributed by atoms with van der Waals surface area (Å²) < 4.78 is 0. The first-order valence-electron chi connectivity index (χ1n) is 6.71. The average molecular weight is 284 g/mol. The van der Waals surface area contributed by atoms with Crippen LogP contribution in [0.15, 0.2) is 24.3 Å². The second-order valence-electron chi connectivity index (χ2n) is 4.94. The van der Waals surface area contributed by atoms with Crippen LogP contribution in [0.3, 0.4) is 0 Å². The van der Waals surface area contributed by atoms with Crippen LogP contribution < -0.4 is 5.32 Å². The van der Waals surface area contributed by atoms with Gasteiger partial charge in [0.1, 0.15) is 5.92 Å². The number of carbonyl (C=O) groups excluding carboxylic acids is 3. The highest BCUT2D eigenvalue weighted by molar-refractivity contribution is 6.19. The van der Waals surface area contributed by atoms with Gasteiger partial charge in [0.25, 0.3) is 0 Å². The van der Waals surface area contributed by atoms with E-state index in [0.717, 1.165) is 10.5 Å². The van der Waals surface area contributed by atoms with Gasteiger partial charge in [-0.05, 0) is 18.9 Å². The SMILES string of the molecule is C#CCCCN1C(=O)NC(=O)C(c2cccc(C)c2)C1=O. The van der Waals surface area contributed by atoms with Gasteiger partial charge in [-0.3, -0.25) is 19.8 Å². The topological polar surface area (TPSA) is 66.5 Å². The minimum Gasteiger partial charge on any atom is -0.277 e. The van der Waals surface area contributed by atoms with Gasteiger partial charge in [-0.2, -0.15) is 0 Å². The zero-order valence-corrected chi connectivity index (χ0v) is 11.8. The van der Waals surface area contributed by atoms with E-state index < -0.39 is 23.8 Å². The summed E-state index contributed by atoms with van der Waals surface area (Å²) in [6.07, 6.45) is 6.15. The molecule has 4 amide bonds. The molecule has 1 N–H and O–H groups in total. The number of barbiturate groups is 1. The van der Waals surface area contributed by atoms with Crippen LogP contribution in [-0.4, -0.2) is 29.3 Å². The Morgan fingerprint density at radius 3 is 2.76 bits per heavy atom. The van der Waals surface area contributed by atoms with Crippen molar-refractivity contribution in [3.8, 4) is 12.3 Å². The zero-order chi connectivity index (χ0) is 15.4. The van der Waals surface area contributed by atoms with Gasteiger partial charge >= 0.3 is 6.03 Å². The fourth-order valence-corrected chi connectivity index (χ4v) is 2.31. The van der Waals surface area contributed by atoms with Crippen molar-refractivity contribution in [2.45, 2.75) is 25.7 Å². The summed E-state index contributed by atoms with van der Waals surface area (Å²) in [5.74, 6) is 0.407. The molecule has 108 valence electrons. The Morgan fingerprint density at radius 1 is 1.33 bits per heavy atom. The number of benzene rings is 1. The Hall–Kier alpha value is -2.61. The van der Waals surface area contributed by atoms with E-state index in [1.54, 1.807) is 18.2 Å². The molecule has 1 aliphatic rings. The third-order valence-corrected chi connectivity index (χ3v) is 3.33. The molecule has 1 aromatic rings. The number of aryl methyl sites for hydroxylation is 1. The van der Waals surface area contributed by atoms with Gasteiger partial charge in [0.15, 0.2) is 0 Å². The van der Waals surface area contributed by atoms with Gasteiger partial charge in [0.05, 0.1) is 0 Å². The van der Waals surface area contributed by atoms with E-state index in [0.29, 0.717) is 18.4 Å². The standard InChI is InChI=1S/C16H16N2O3/c1-3-4-5-9-18-15(20)13(14(19)17-16(18)21)12-8-6-7-11(2)10-12/h1,6-8,10,13H,4-5,9H2,2H3,(H,17,19,21). The molecule has 0 saturated carbocycles. The Balaban J connectivity index is 2.25. The number of hydrogen-bond donors (Lipinski definition) is 1. The number of urea groups is 1. The van der Waals surface area contributed by atoms with E-state index in [9.17, 15) is 14.4 Å². The van der Waals surface area contributed by atoms with Crippen LogP contribution in [0.4, 0.5) is 4.79 Å². The largest absolute Gasteiger partial charge is 0.330 e. The van der Waals surface area contributed by atoms with Crippen molar-refractivity contribution in [3.05, 3.63) is 35.4 Å². The predicted molar refractivity (Wildman–Crippen MR) is 77.2 cm³/mol. The second kappa shape index (κ2) is 6.23. The van der Waals surface area contributed by atoms with Crippen molar-refractivity contribution in [1.29, 1.82) is 0 Å². The summed E-state index contributed by atoms with van der Waals surface area (Å²) in [5, 5.41) is 2.23. The molecule has 1 fully saturated rings. The van der Waals surface area contributed by atoms with E-state index in [1.165, 1.54) is 0 Å². The maximum atomic E-state index is 12.4. The van der Waals surface area contributed by atoms with E-state index in [2.05, 4.69) is 11.2 Å². The van der Waals surface area contributed by atoms with Gasteiger partial charge in [-0.25, -0.2) is 4.79 Å². The summed E-state index contributed by atoms with van der Waals surface area (Å²) in [4.78, 5) is 37.3. The molecule has 0 spiro atoms. The summed E-state index contributed by atoms with van der Waals surface area (Å²) in [5.41, 5.74) is 1.54. The van der Waals surface area contributed by atoms with E-state index in [-0.39, 0.29) is 6.54 Å². The number of amides is 4. The number of unbranched alkanes of at least 4 members (excludes halogenated alkanes) is 1. The van der Waals surface area contributed by atoms with Gasteiger partial charge in [-0.1, -0.05) is 29.8 Å². The second-order valence-corrected chi connectivity index (χ2v) is 4.94. The number of nitrogens with one attached hydrogen (secondary N) is 1. The van der Waals surface area contributed by atoms with Crippen molar-refractivity contribution < 1.29 is 14.4 Å². The smallest absolute Gasteiger partial charge is 0.277 e. The van der Waals surface area contributed by atoms with Crippen LogP contribution in [0.5, 0.6) is 0 Å². The van der Waals surface area contributed by atoms with Gasteiger partial charge < -0.3 is 0 Å². The maximum absolute atomic E-state index is 12.4. The Labute approximate surface area is 123 Å². The quantitative estimate of drug-likeness (QED) is 0.518. The number of terminal acetylenes is 1. The minimum absolute atomic E-state index is 0.213. The first-order valence-corrected chi connectivity index (χ1v) is 6.71. The molecule has 5 nitrogen and oxygen atoms in total. The Morgan fingerprint density at radius 2 is 2.10 bits per heavy atom. The Kier molecular flexibility index (Phi) is 4.39. The molecule has 1 atom stereocenters. The lowest BCUT2D eigenvalue weighted by atomic mass is 9.94. The number of hydrogen-bond acceptors (Lipinski definition) is 3. The molecule has 1 unspecified atom stereocenters. The molecule has 1 aromatic carbocycles. The molecule has 5 heteroatoms. The van der Waals surface area contributed by atoms with Gasteiger partial charge in [-0.15, -0.1) is 12.3 Å². The molecule has 21 heavy (non-hydrogen) atoms. The molecule has 0 aromatic heterocycles. The lowest BCUT2D eigenvalue weighted by Gasteiger charge is -2.30. The third kappa shape index (κ3) is 3.11. The van der Waals surface area contributed by atoms with E-state index in [1.807, 2.05) is 13.0 Å². The molecule has 0 bridgehead atoms. The summed E-state index contributed by atoms with van der Waals surface area (Å²) >= 11 is 0. The minimum atomic E-state index is -0.978. The van der Waals surface area contributed by atoms with Crippen LogP contribution in [0.1, 0.15) is 29.9 Å². The van der Waals surface area contributed by atoms with Crippen molar-refractivity contribution in [3.63, 3.8) is 0 Å². The highest BCUT2D eigenvalue weighted by Crippen LogP contribution is 2.23. The fraction of sp³-hybridized carbons (Fsp3) is 0.312. The van der Waals surface area contributed by atoms with Crippen LogP contribution in [-0.2, 0) is 9.59 Å². The molecule has 1 aliphatic heterocycles. The van der Waals surface area contributed by atoms with Crippen molar-refractivity contribution in [1.82, 2.24) is 10.2 Å². The summed E-state index contributed by atoms with van der Waals surface area (Å²) in [6, 6.07) is 6.47. The molecule has 0 aliphatic carbocycles. The molecule has 0 radical (unpaired) electrons. The molecule has 1 heterocycles. The normalized spacial score (nSPS) is 18.4. The van der Waals surface area contributed by atoms with Crippen LogP contribution >= 0.6 is 0 Å². The third-order valence-electron chi connectivity index (χ3n) is 3.33. The van der Waals surface area contributed by atoms with Gasteiger partial charge in [0.2, 0.25) is 11.8 Å². The number of imide groups is 2. The number of carbonyl (C=O) groups is 3. The monoisotopic (exact) mass is 284 g/mol. The zero-order valence-electron chi connectivity index (χ0n) is 11.8. The fourth-order valence-electron chi connectivity index (χ4n) is 2.31. The maximum Gasteiger partial charge on any atom is 0.330 e. The first-order chi connectivity index (χ1) is 10.0. The van der Waals surface area contributed by atoms with Crippen molar-refractivity contribution >= 4 is 17.8 Å². The van der Waals surface area contributed by atoms with Crippen molar-refractivity contribution in [2.75, 3.05) is 6.54 Å². The van der Waals surface area contributed by atoms with Crippen LogP contribution in [0, 0.1) is 19.3 Å². The molecule has 2 rings (SSSR count). The van der Waals surface area contributed by atoms with E-state index >= 15 is 0 Å². The highest BCUT2D eigenvalue weighted by atomic mass is 16.2. The van der Waals surface area contributed by atoms with Crippen LogP contribution in [0.2, 0.25) is 0 Å². The number of nitrogens with zero attached hydrogens (tertiary/aromatic N) is 1. The summed E-state index contributed by atoms with van der Waals surface area (Å²) in [6.45, 7) is 2.09.